The van der Waals surface area contributed by atoms with Crippen LogP contribution in [0.2, 0.25) is 0 Å². The third-order valence-electron chi connectivity index (χ3n) is 1.62. The summed E-state index contributed by atoms with van der Waals surface area (Å²) in [6.45, 7) is 2.12. The molecule has 1 aliphatic rings. The molecule has 52 valence electrons. The van der Waals surface area contributed by atoms with Gasteiger partial charge < -0.3 is 4.84 Å². The van der Waals surface area contributed by atoms with E-state index in [1.165, 1.54) is 18.6 Å². The van der Waals surface area contributed by atoms with E-state index in [-0.39, 0.29) is 0 Å². The van der Waals surface area contributed by atoms with E-state index in [0.29, 0.717) is 0 Å². The average molecular weight is 127 g/mol. The van der Waals surface area contributed by atoms with Gasteiger partial charge in [0.1, 0.15) is 7.11 Å². The second-order valence-corrected chi connectivity index (χ2v) is 2.39. The molecule has 1 aliphatic carbocycles. The van der Waals surface area contributed by atoms with Crippen LogP contribution in [0.3, 0.4) is 0 Å². The van der Waals surface area contributed by atoms with Crippen LogP contribution < -0.4 is 0 Å². The number of rotatable bonds is 3. The van der Waals surface area contributed by atoms with Crippen LogP contribution in [0.15, 0.2) is 5.16 Å². The Morgan fingerprint density at radius 2 is 2.33 bits per heavy atom. The van der Waals surface area contributed by atoms with Crippen molar-refractivity contribution in [3.05, 3.63) is 0 Å². The van der Waals surface area contributed by atoms with Crippen LogP contribution >= 0.6 is 0 Å². The van der Waals surface area contributed by atoms with E-state index >= 15 is 0 Å². The minimum atomic E-state index is 0.759. The molecule has 0 radical (unpaired) electrons. The topological polar surface area (TPSA) is 21.6 Å². The van der Waals surface area contributed by atoms with Crippen LogP contribution in [-0.2, 0) is 4.84 Å². The Kier molecular flexibility index (Phi) is 2.09. The summed E-state index contributed by atoms with van der Waals surface area (Å²) in [4.78, 5) is 4.68. The first-order valence-electron chi connectivity index (χ1n) is 3.48. The van der Waals surface area contributed by atoms with Crippen molar-refractivity contribution in [1.82, 2.24) is 0 Å². The van der Waals surface area contributed by atoms with Gasteiger partial charge in [0.05, 0.1) is 5.71 Å². The maximum atomic E-state index is 4.68. The van der Waals surface area contributed by atoms with Gasteiger partial charge in [-0.25, -0.2) is 0 Å². The quantitative estimate of drug-likeness (QED) is 0.418. The molecule has 0 heterocycles. The molecule has 1 fully saturated rings. The standard InChI is InChI=1S/C7H13NO/c1-3-7(8-9-2)6-4-5-6/h6H,3-5H2,1-2H3. The smallest absolute Gasteiger partial charge is 0.106 e. The largest absolute Gasteiger partial charge is 0.399 e. The highest BCUT2D eigenvalue weighted by Gasteiger charge is 2.26. The Labute approximate surface area is 55.9 Å². The molecule has 0 unspecified atom stereocenters. The van der Waals surface area contributed by atoms with E-state index in [4.69, 9.17) is 0 Å². The van der Waals surface area contributed by atoms with Gasteiger partial charge in [0, 0.05) is 5.92 Å². The van der Waals surface area contributed by atoms with Crippen molar-refractivity contribution in [1.29, 1.82) is 0 Å². The molecular formula is C7H13NO. The zero-order chi connectivity index (χ0) is 6.69. The first-order valence-corrected chi connectivity index (χ1v) is 3.48. The molecule has 0 aromatic carbocycles. The number of nitrogens with zero attached hydrogens (tertiary/aromatic N) is 1. The summed E-state index contributed by atoms with van der Waals surface area (Å²) in [5, 5.41) is 3.92. The van der Waals surface area contributed by atoms with E-state index in [1.807, 2.05) is 0 Å². The van der Waals surface area contributed by atoms with Crippen molar-refractivity contribution in [2.45, 2.75) is 26.2 Å². The fourth-order valence-electron chi connectivity index (χ4n) is 0.962. The molecule has 0 bridgehead atoms. The zero-order valence-electron chi connectivity index (χ0n) is 6.05. The lowest BCUT2D eigenvalue weighted by atomic mass is 10.2. The first kappa shape index (κ1) is 6.59. The maximum Gasteiger partial charge on any atom is 0.106 e. The Morgan fingerprint density at radius 3 is 2.67 bits per heavy atom. The van der Waals surface area contributed by atoms with Crippen LogP contribution in [0.5, 0.6) is 0 Å². The fourth-order valence-corrected chi connectivity index (χ4v) is 0.962. The third-order valence-corrected chi connectivity index (χ3v) is 1.62. The Bertz CT molecular complexity index is 116. The fraction of sp³-hybridized carbons (Fsp3) is 0.857. The predicted molar refractivity (Wildman–Crippen MR) is 37.5 cm³/mol. The highest BCUT2D eigenvalue weighted by atomic mass is 16.6. The summed E-state index contributed by atoms with van der Waals surface area (Å²) >= 11 is 0. The van der Waals surface area contributed by atoms with Crippen LogP contribution in [0.4, 0.5) is 0 Å². The molecule has 0 aliphatic heterocycles. The summed E-state index contributed by atoms with van der Waals surface area (Å²) in [5.41, 5.74) is 1.23. The average Bonchev–Trinajstić information content (AvgIpc) is 2.64. The minimum absolute atomic E-state index is 0.759. The van der Waals surface area contributed by atoms with E-state index in [1.54, 1.807) is 7.11 Å². The highest BCUT2D eigenvalue weighted by Crippen LogP contribution is 2.31. The molecule has 9 heavy (non-hydrogen) atoms. The Hall–Kier alpha value is -0.530. The molecular weight excluding hydrogens is 114 g/mol. The molecule has 0 N–H and O–H groups in total. The molecule has 2 nitrogen and oxygen atoms in total. The predicted octanol–water partition coefficient (Wildman–Crippen LogP) is 1.81. The van der Waals surface area contributed by atoms with Crippen LogP contribution in [-0.4, -0.2) is 12.8 Å². The second-order valence-electron chi connectivity index (χ2n) is 2.39. The van der Waals surface area contributed by atoms with Crippen molar-refractivity contribution in [2.24, 2.45) is 11.1 Å². The van der Waals surface area contributed by atoms with Gasteiger partial charge in [-0.05, 0) is 19.3 Å². The summed E-state index contributed by atoms with van der Waals surface area (Å²) in [5.74, 6) is 0.759. The van der Waals surface area contributed by atoms with Crippen LogP contribution in [0.25, 0.3) is 0 Å². The van der Waals surface area contributed by atoms with Crippen LogP contribution in [0.1, 0.15) is 26.2 Å². The molecule has 0 aromatic rings. The van der Waals surface area contributed by atoms with E-state index < -0.39 is 0 Å². The van der Waals surface area contributed by atoms with Gasteiger partial charge in [-0.15, -0.1) is 0 Å². The van der Waals surface area contributed by atoms with Gasteiger partial charge in [-0.2, -0.15) is 0 Å². The Morgan fingerprint density at radius 1 is 1.67 bits per heavy atom. The molecule has 1 saturated carbocycles. The van der Waals surface area contributed by atoms with Gasteiger partial charge in [0.25, 0.3) is 0 Å². The molecule has 0 amide bonds. The van der Waals surface area contributed by atoms with E-state index in [2.05, 4.69) is 16.9 Å². The van der Waals surface area contributed by atoms with E-state index in [9.17, 15) is 0 Å². The van der Waals surface area contributed by atoms with Crippen molar-refractivity contribution in [3.8, 4) is 0 Å². The zero-order valence-corrected chi connectivity index (χ0v) is 6.05. The third kappa shape index (κ3) is 1.70. The number of oxime groups is 1. The van der Waals surface area contributed by atoms with Gasteiger partial charge in [0.15, 0.2) is 0 Å². The van der Waals surface area contributed by atoms with E-state index in [0.717, 1.165) is 12.3 Å². The molecule has 1 rings (SSSR count). The number of hydrogen-bond acceptors (Lipinski definition) is 2. The number of hydrogen-bond donors (Lipinski definition) is 0. The van der Waals surface area contributed by atoms with Crippen LogP contribution in [0, 0.1) is 5.92 Å². The lowest BCUT2D eigenvalue weighted by molar-refractivity contribution is 0.211. The van der Waals surface area contributed by atoms with Gasteiger partial charge in [0.2, 0.25) is 0 Å². The first-order chi connectivity index (χ1) is 4.38. The molecule has 0 atom stereocenters. The molecule has 0 spiro atoms. The normalized spacial score (nSPS) is 20.0. The molecule has 0 aromatic heterocycles. The monoisotopic (exact) mass is 127 g/mol. The maximum absolute atomic E-state index is 4.68. The van der Waals surface area contributed by atoms with Crippen molar-refractivity contribution >= 4 is 5.71 Å². The van der Waals surface area contributed by atoms with Gasteiger partial charge in [-0.1, -0.05) is 12.1 Å². The minimum Gasteiger partial charge on any atom is -0.399 e. The summed E-state index contributed by atoms with van der Waals surface area (Å²) in [7, 11) is 1.61. The van der Waals surface area contributed by atoms with Gasteiger partial charge in [-0.3, -0.25) is 0 Å². The van der Waals surface area contributed by atoms with Crippen molar-refractivity contribution in [3.63, 3.8) is 0 Å². The second kappa shape index (κ2) is 2.85. The SMILES string of the molecule is CCC(=NOC)C1CC1. The summed E-state index contributed by atoms with van der Waals surface area (Å²) in [6, 6.07) is 0. The lowest BCUT2D eigenvalue weighted by Crippen LogP contribution is -1.98. The highest BCUT2D eigenvalue weighted by molar-refractivity contribution is 5.87. The summed E-state index contributed by atoms with van der Waals surface area (Å²) in [6.07, 6.45) is 3.67. The summed E-state index contributed by atoms with van der Waals surface area (Å²) < 4.78 is 0. The van der Waals surface area contributed by atoms with Crippen molar-refractivity contribution in [2.75, 3.05) is 7.11 Å². The van der Waals surface area contributed by atoms with Crippen molar-refractivity contribution < 1.29 is 4.84 Å². The Balaban J connectivity index is 2.37. The van der Waals surface area contributed by atoms with Gasteiger partial charge >= 0.3 is 0 Å². The molecule has 0 saturated heterocycles. The lowest BCUT2D eigenvalue weighted by Gasteiger charge is -1.96. The molecule has 2 heteroatoms.